The largest absolute Gasteiger partial charge is 0.454 e. The van der Waals surface area contributed by atoms with Gasteiger partial charge in [0.2, 0.25) is 0 Å². The third-order valence-corrected chi connectivity index (χ3v) is 15.3. The predicted molar refractivity (Wildman–Crippen MR) is 180 cm³/mol. The molecule has 1 spiro atoms. The van der Waals surface area contributed by atoms with Gasteiger partial charge >= 0.3 is 5.97 Å². The molecule has 3 N–H and O–H groups in total. The number of aliphatic hydroxyl groups is 2. The number of anilines is 1. The van der Waals surface area contributed by atoms with E-state index in [9.17, 15) is 23.4 Å². The lowest BCUT2D eigenvalue weighted by Gasteiger charge is -2.70. The Hall–Kier alpha value is -2.29. The van der Waals surface area contributed by atoms with Crippen LogP contribution in [0.3, 0.4) is 0 Å². The topological polar surface area (TPSA) is 144 Å². The average Bonchev–Trinajstić information content (AvgIpc) is 3.51. The van der Waals surface area contributed by atoms with E-state index in [-0.39, 0.29) is 52.1 Å². The number of nitrogens with one attached hydrogen (secondary N) is 1. The Morgan fingerprint density at radius 1 is 1.02 bits per heavy atom. The van der Waals surface area contributed by atoms with Gasteiger partial charge in [-0.05, 0) is 68.6 Å². The number of ether oxygens (including phenoxy) is 4. The van der Waals surface area contributed by atoms with E-state index < -0.39 is 50.2 Å². The number of para-hydroxylation sites is 1. The van der Waals surface area contributed by atoms with Crippen molar-refractivity contribution < 1.29 is 42.4 Å². The zero-order chi connectivity index (χ0) is 34.7. The smallest absolute Gasteiger partial charge is 0.340 e. The average molecular weight is 717 g/mol. The first-order valence-electron chi connectivity index (χ1n) is 17.2. The van der Waals surface area contributed by atoms with Crippen LogP contribution in [0.2, 0.25) is 5.02 Å². The van der Waals surface area contributed by atoms with Gasteiger partial charge in [0.1, 0.15) is 16.8 Å². The quantitative estimate of drug-likeness (QED) is 0.329. The Kier molecular flexibility index (Phi) is 7.84. The summed E-state index contributed by atoms with van der Waals surface area (Å²) in [4.78, 5) is 16.8. The number of hydrogen-bond donors (Lipinski definition) is 3. The first kappa shape index (κ1) is 33.8. The molecule has 49 heavy (non-hydrogen) atoms. The van der Waals surface area contributed by atoms with Crippen LogP contribution in [0.15, 0.2) is 53.4 Å². The van der Waals surface area contributed by atoms with Crippen molar-refractivity contribution in [3.05, 3.63) is 59.1 Å². The number of halogens is 1. The van der Waals surface area contributed by atoms with Crippen LogP contribution in [-0.4, -0.2) is 105 Å². The van der Waals surface area contributed by atoms with Gasteiger partial charge in [-0.1, -0.05) is 30.7 Å². The second-order valence-electron chi connectivity index (χ2n) is 15.1. The fraction of sp³-hybridized carbons (Fsp3) is 0.639. The molecule has 12 atom stereocenters. The van der Waals surface area contributed by atoms with Crippen molar-refractivity contribution >= 4 is 33.3 Å². The third kappa shape index (κ3) is 4.23. The minimum absolute atomic E-state index is 0.00925. The van der Waals surface area contributed by atoms with Crippen molar-refractivity contribution in [2.75, 3.05) is 39.1 Å². The van der Waals surface area contributed by atoms with Gasteiger partial charge in [-0.25, -0.2) is 13.2 Å². The highest BCUT2D eigenvalue weighted by Crippen LogP contribution is 2.79. The number of sulfonamides is 1. The molecule has 1 unspecified atom stereocenters. The number of fused-ring (bicyclic) bond motifs is 2. The van der Waals surface area contributed by atoms with Crippen LogP contribution in [-0.2, 0) is 29.0 Å². The number of methoxy groups -OCH3 is 3. The van der Waals surface area contributed by atoms with Gasteiger partial charge in [0, 0.05) is 74.4 Å². The minimum atomic E-state index is -4.04. The molecule has 2 aromatic carbocycles. The summed E-state index contributed by atoms with van der Waals surface area (Å²) in [7, 11) is 0.940. The Labute approximate surface area is 292 Å². The highest BCUT2D eigenvalue weighted by Gasteiger charge is 2.89. The molecular weight excluding hydrogens is 672 g/mol. The van der Waals surface area contributed by atoms with E-state index >= 15 is 0 Å². The highest BCUT2D eigenvalue weighted by atomic mass is 35.5. The van der Waals surface area contributed by atoms with Gasteiger partial charge in [0.15, 0.2) is 0 Å². The molecule has 5 saturated carbocycles. The van der Waals surface area contributed by atoms with Crippen LogP contribution < -0.4 is 4.72 Å². The summed E-state index contributed by atoms with van der Waals surface area (Å²) < 4.78 is 54.5. The standard InChI is InChI=1S/C36H45ClN2O9S/c1-5-39-19-33(48-32(40)22-8-6-7-9-25(22)38-49(43,44)21-12-10-20(37)11-13-21)15-14-29(46-3)35-27(33)17-24(30(35)39)34(41)18-26(45-2)23-16-28(35)36(34,42)31(23)47-4/h6-13,23-24,26-31,38,41-42H,5,14-19H2,1-4H3/t23-,24+,26+,27-,28+,29+,30?,31+,33-,34+,35+,36+/m1/s1. The molecule has 0 radical (unpaired) electrons. The maximum atomic E-state index is 14.4. The monoisotopic (exact) mass is 716 g/mol. The number of rotatable bonds is 9. The SMILES string of the molecule is CCN1C[C@]2(OC(=O)c3ccccc3NS(=O)(=O)c3ccc(Cl)cc3)CC[C@H](OC)[C@]34C1[C@H](C[C@H]23)[C@@]1(O)C[C@H](OC)[C@H]2C[C@@H]4[C@]1(O)[C@H]2OC. The van der Waals surface area contributed by atoms with Gasteiger partial charge in [0.05, 0.1) is 34.5 Å². The summed E-state index contributed by atoms with van der Waals surface area (Å²) in [6.07, 6.45) is 1.42. The van der Waals surface area contributed by atoms with E-state index in [4.69, 9.17) is 30.5 Å². The van der Waals surface area contributed by atoms with Crippen LogP contribution in [0.1, 0.15) is 49.4 Å². The summed E-state index contributed by atoms with van der Waals surface area (Å²) in [6, 6.07) is 12.1. The van der Waals surface area contributed by atoms with Crippen molar-refractivity contribution in [1.82, 2.24) is 4.90 Å². The minimum Gasteiger partial charge on any atom is -0.454 e. The molecule has 0 aromatic heterocycles. The summed E-state index contributed by atoms with van der Waals surface area (Å²) in [5.74, 6) is -1.72. The summed E-state index contributed by atoms with van der Waals surface area (Å²) in [5, 5.41) is 26.3. The summed E-state index contributed by atoms with van der Waals surface area (Å²) in [5.41, 5.74) is -4.43. The molecule has 1 saturated heterocycles. The van der Waals surface area contributed by atoms with Crippen molar-refractivity contribution in [3.63, 3.8) is 0 Å². The number of piperidine rings is 1. The molecule has 266 valence electrons. The van der Waals surface area contributed by atoms with E-state index in [0.29, 0.717) is 50.2 Å². The lowest BCUT2D eigenvalue weighted by molar-refractivity contribution is -0.337. The number of likely N-dealkylation sites (tertiary alicyclic amines) is 1. The van der Waals surface area contributed by atoms with Gasteiger partial charge in [0.25, 0.3) is 10.0 Å². The van der Waals surface area contributed by atoms with E-state index in [1.54, 1.807) is 45.6 Å². The second kappa shape index (κ2) is 11.4. The molecule has 1 heterocycles. The maximum absolute atomic E-state index is 14.4. The van der Waals surface area contributed by atoms with Crippen LogP contribution in [0.25, 0.3) is 0 Å². The summed E-state index contributed by atoms with van der Waals surface area (Å²) >= 11 is 5.99. The molecule has 6 aliphatic rings. The molecule has 0 amide bonds. The lowest BCUT2D eigenvalue weighted by Crippen LogP contribution is -2.83. The van der Waals surface area contributed by atoms with Crippen LogP contribution >= 0.6 is 11.6 Å². The number of carbonyl (C=O) groups excluding carboxylic acids is 1. The number of benzene rings is 2. The number of esters is 1. The Morgan fingerprint density at radius 2 is 1.76 bits per heavy atom. The number of likely N-dealkylation sites (N-methyl/N-ethyl adjacent to an activating group) is 1. The van der Waals surface area contributed by atoms with Crippen LogP contribution in [0.5, 0.6) is 0 Å². The second-order valence-corrected chi connectivity index (χ2v) is 17.2. The number of nitrogens with zero attached hydrogens (tertiary/aromatic N) is 1. The Morgan fingerprint density at radius 3 is 2.43 bits per heavy atom. The first-order valence-corrected chi connectivity index (χ1v) is 19.1. The van der Waals surface area contributed by atoms with E-state index in [2.05, 4.69) is 16.5 Å². The zero-order valence-corrected chi connectivity index (χ0v) is 29.7. The number of carbonyl (C=O) groups is 1. The molecular formula is C36H45ClN2O9S. The highest BCUT2D eigenvalue weighted by molar-refractivity contribution is 7.92. The van der Waals surface area contributed by atoms with Crippen molar-refractivity contribution in [2.45, 2.75) is 85.1 Å². The van der Waals surface area contributed by atoms with Crippen molar-refractivity contribution in [3.8, 4) is 0 Å². The molecule has 2 aromatic rings. The maximum Gasteiger partial charge on any atom is 0.340 e. The van der Waals surface area contributed by atoms with Crippen molar-refractivity contribution in [1.29, 1.82) is 0 Å². The van der Waals surface area contributed by atoms with E-state index in [1.165, 1.54) is 24.3 Å². The normalized spacial score (nSPS) is 43.3. The van der Waals surface area contributed by atoms with E-state index in [0.717, 1.165) is 0 Å². The first-order chi connectivity index (χ1) is 23.4. The number of hydrogen-bond acceptors (Lipinski definition) is 10. The molecule has 1 aliphatic heterocycles. The van der Waals surface area contributed by atoms with Crippen LogP contribution in [0.4, 0.5) is 5.69 Å². The molecule has 11 nitrogen and oxygen atoms in total. The fourth-order valence-electron chi connectivity index (χ4n) is 12.2. The Balaban J connectivity index is 1.21. The third-order valence-electron chi connectivity index (χ3n) is 13.7. The molecule has 13 heteroatoms. The predicted octanol–water partition coefficient (Wildman–Crippen LogP) is 3.72. The molecule has 5 aliphatic carbocycles. The van der Waals surface area contributed by atoms with Gasteiger partial charge in [-0.15, -0.1) is 0 Å². The fourth-order valence-corrected chi connectivity index (χ4v) is 13.4. The van der Waals surface area contributed by atoms with E-state index in [1.807, 2.05) is 0 Å². The Bertz CT molecular complexity index is 1760. The zero-order valence-electron chi connectivity index (χ0n) is 28.2. The molecule has 6 fully saturated rings. The van der Waals surface area contributed by atoms with Crippen molar-refractivity contribution in [2.24, 2.45) is 29.1 Å². The summed E-state index contributed by atoms with van der Waals surface area (Å²) in [6.45, 7) is 3.19. The van der Waals surface area contributed by atoms with Crippen LogP contribution in [0, 0.1) is 29.1 Å². The van der Waals surface area contributed by atoms with Gasteiger partial charge in [-0.3, -0.25) is 9.62 Å². The molecule has 7 bridgehead atoms. The lowest BCUT2D eigenvalue weighted by atomic mass is 9.44. The van der Waals surface area contributed by atoms with Gasteiger partial charge in [-0.2, -0.15) is 0 Å². The molecule has 8 rings (SSSR count). The van der Waals surface area contributed by atoms with Gasteiger partial charge < -0.3 is 29.2 Å².